The summed E-state index contributed by atoms with van der Waals surface area (Å²) in [6.45, 7) is 1.93. The Morgan fingerprint density at radius 3 is 2.42 bits per heavy atom. The largest absolute Gasteiger partial charge is 0.451 e. The van der Waals surface area contributed by atoms with Crippen LogP contribution in [0.25, 0.3) is 27.8 Å². The maximum atomic E-state index is 14.4. The first-order chi connectivity index (χ1) is 19.1. The summed E-state index contributed by atoms with van der Waals surface area (Å²) in [5, 5.41) is 4.75. The lowest BCUT2D eigenvalue weighted by molar-refractivity contribution is -0.144. The van der Waals surface area contributed by atoms with Crippen LogP contribution in [0.5, 0.6) is 0 Å². The van der Waals surface area contributed by atoms with Crippen LogP contribution in [0.2, 0.25) is 0 Å². The molecule has 1 atom stereocenters. The summed E-state index contributed by atoms with van der Waals surface area (Å²) >= 11 is 0. The molecule has 0 fully saturated rings. The van der Waals surface area contributed by atoms with E-state index < -0.39 is 23.6 Å². The van der Waals surface area contributed by atoms with Crippen LogP contribution < -0.4 is 0 Å². The molecule has 4 aromatic heterocycles. The van der Waals surface area contributed by atoms with Gasteiger partial charge in [-0.05, 0) is 18.6 Å². The molecule has 5 rings (SSSR count). The highest BCUT2D eigenvalue weighted by molar-refractivity contribution is 6.01. The number of rotatable bonds is 7. The lowest BCUT2D eigenvalue weighted by Crippen LogP contribution is -2.10. The molecule has 0 amide bonds. The summed E-state index contributed by atoms with van der Waals surface area (Å²) in [5.74, 6) is -2.43. The molecule has 0 saturated heterocycles. The molecule has 0 aliphatic heterocycles. The molecule has 1 unspecified atom stereocenters. The Bertz CT molecular complexity index is 1690. The number of aliphatic imine (C=N–C) groups is 1. The van der Waals surface area contributed by atoms with Crippen molar-refractivity contribution < 1.29 is 22.0 Å². The van der Waals surface area contributed by atoms with Crippen molar-refractivity contribution >= 4 is 23.2 Å². The number of fused-ring (bicyclic) bond motifs is 1. The van der Waals surface area contributed by atoms with Crippen LogP contribution in [-0.4, -0.2) is 59.6 Å². The zero-order valence-electron chi connectivity index (χ0n) is 21.5. The Hall–Kier alpha value is -4.75. The molecule has 9 nitrogen and oxygen atoms in total. The predicted octanol–water partition coefficient (Wildman–Crippen LogP) is 5.59. The van der Waals surface area contributed by atoms with Gasteiger partial charge in [0, 0.05) is 61.6 Å². The Kier molecular flexibility index (Phi) is 7.00. The number of hydrogen-bond donors (Lipinski definition) is 0. The normalized spacial score (nSPS) is 12.9. The second-order valence-electron chi connectivity index (χ2n) is 9.09. The summed E-state index contributed by atoms with van der Waals surface area (Å²) in [6, 6.07) is 2.84. The van der Waals surface area contributed by atoms with E-state index in [0.29, 0.717) is 40.0 Å². The van der Waals surface area contributed by atoms with E-state index in [9.17, 15) is 22.0 Å². The van der Waals surface area contributed by atoms with Crippen molar-refractivity contribution in [2.75, 3.05) is 14.1 Å². The minimum Gasteiger partial charge on any atom is -0.369 e. The zero-order chi connectivity index (χ0) is 28.6. The average Bonchev–Trinajstić information content (AvgIpc) is 3.54. The van der Waals surface area contributed by atoms with Crippen LogP contribution in [0.4, 0.5) is 27.8 Å². The number of aromatic nitrogens is 7. The minimum atomic E-state index is -4.69. The molecule has 0 bridgehead atoms. The van der Waals surface area contributed by atoms with Crippen LogP contribution in [-0.2, 0) is 6.18 Å². The van der Waals surface area contributed by atoms with Gasteiger partial charge in [-0.1, -0.05) is 6.92 Å². The summed E-state index contributed by atoms with van der Waals surface area (Å²) in [6.07, 6.45) is 5.86. The summed E-state index contributed by atoms with van der Waals surface area (Å²) < 4.78 is 70.3. The van der Waals surface area contributed by atoms with E-state index in [2.05, 4.69) is 30.0 Å². The van der Waals surface area contributed by atoms with Crippen molar-refractivity contribution in [3.05, 3.63) is 78.5 Å². The SMILES string of the molecule is CCC(c1cnn(-c2ccc(F)cc2F)c1)n1cc(-c2cnc(C(F)(F)F)nc2)c2c(/N=C/N(C)C)ncnc21. The fourth-order valence-electron chi connectivity index (χ4n) is 4.31. The van der Waals surface area contributed by atoms with Gasteiger partial charge < -0.3 is 9.47 Å². The number of nitrogens with zero attached hydrogens (tertiary/aromatic N) is 9. The van der Waals surface area contributed by atoms with Gasteiger partial charge in [0.25, 0.3) is 0 Å². The van der Waals surface area contributed by atoms with Crippen molar-refractivity contribution in [1.29, 1.82) is 0 Å². The molecule has 206 valence electrons. The molecule has 14 heteroatoms. The summed E-state index contributed by atoms with van der Waals surface area (Å²) in [7, 11) is 3.57. The van der Waals surface area contributed by atoms with Crippen molar-refractivity contribution in [1.82, 2.24) is 39.2 Å². The smallest absolute Gasteiger partial charge is 0.369 e. The van der Waals surface area contributed by atoms with Crippen LogP contribution in [0.15, 0.2) is 60.5 Å². The van der Waals surface area contributed by atoms with E-state index in [-0.39, 0.29) is 11.7 Å². The quantitative estimate of drug-likeness (QED) is 0.148. The molecular weight excluding hydrogens is 533 g/mol. The van der Waals surface area contributed by atoms with Gasteiger partial charge >= 0.3 is 6.18 Å². The molecule has 1 aromatic carbocycles. The molecule has 5 aromatic rings. The van der Waals surface area contributed by atoms with Crippen molar-refractivity contribution in [3.8, 4) is 16.8 Å². The van der Waals surface area contributed by atoms with Crippen molar-refractivity contribution in [2.45, 2.75) is 25.6 Å². The number of halogens is 5. The van der Waals surface area contributed by atoms with Gasteiger partial charge in [0.1, 0.15) is 23.5 Å². The van der Waals surface area contributed by atoms with Gasteiger partial charge in [0.2, 0.25) is 5.82 Å². The monoisotopic (exact) mass is 555 g/mol. The van der Waals surface area contributed by atoms with E-state index in [4.69, 9.17) is 0 Å². The maximum absolute atomic E-state index is 14.4. The molecule has 0 spiro atoms. The number of alkyl halides is 3. The van der Waals surface area contributed by atoms with E-state index in [1.54, 1.807) is 43.9 Å². The highest BCUT2D eigenvalue weighted by Gasteiger charge is 2.34. The van der Waals surface area contributed by atoms with Gasteiger partial charge in [-0.2, -0.15) is 18.3 Å². The average molecular weight is 556 g/mol. The summed E-state index contributed by atoms with van der Waals surface area (Å²) in [4.78, 5) is 21.9. The highest BCUT2D eigenvalue weighted by Crippen LogP contribution is 2.38. The maximum Gasteiger partial charge on any atom is 0.451 e. The van der Waals surface area contributed by atoms with Gasteiger partial charge in [-0.15, -0.1) is 0 Å². The van der Waals surface area contributed by atoms with Crippen molar-refractivity contribution in [3.63, 3.8) is 0 Å². The molecule has 40 heavy (non-hydrogen) atoms. The minimum absolute atomic E-state index is 0.0742. The third-order valence-electron chi connectivity index (χ3n) is 6.08. The fraction of sp³-hybridized carbons (Fsp3) is 0.231. The van der Waals surface area contributed by atoms with Gasteiger partial charge in [0.05, 0.1) is 24.0 Å². The number of benzene rings is 1. The van der Waals surface area contributed by atoms with Crippen LogP contribution in [0.3, 0.4) is 0 Å². The zero-order valence-corrected chi connectivity index (χ0v) is 21.5. The Balaban J connectivity index is 1.66. The molecule has 0 aliphatic rings. The lowest BCUT2D eigenvalue weighted by Gasteiger charge is -2.16. The van der Waals surface area contributed by atoms with E-state index in [1.165, 1.54) is 17.1 Å². The molecular formula is C26H22F5N9. The summed E-state index contributed by atoms with van der Waals surface area (Å²) in [5.41, 5.74) is 2.01. The molecule has 0 radical (unpaired) electrons. The standard InChI is InChI=1S/C26H22F5N9/c1-4-20(16-10-37-40(11-16)21-6-5-17(27)7-19(21)28)39-12-18(15-8-32-25(33-9-15)26(29,30)31)22-23(36-14-38(2)3)34-13-35-24(22)39/h5-14,20H,4H2,1-3H3/b36-14+. The fourth-order valence-corrected chi connectivity index (χ4v) is 4.31. The predicted molar refractivity (Wildman–Crippen MR) is 137 cm³/mol. The second kappa shape index (κ2) is 10.4. The Morgan fingerprint density at radius 2 is 1.77 bits per heavy atom. The second-order valence-corrected chi connectivity index (χ2v) is 9.09. The van der Waals surface area contributed by atoms with E-state index >= 15 is 0 Å². The van der Waals surface area contributed by atoms with Crippen LogP contribution in [0.1, 0.15) is 30.8 Å². The van der Waals surface area contributed by atoms with Crippen LogP contribution >= 0.6 is 0 Å². The Morgan fingerprint density at radius 1 is 1.02 bits per heavy atom. The van der Waals surface area contributed by atoms with Crippen LogP contribution in [0, 0.1) is 11.6 Å². The topological polar surface area (TPSA) is 89.9 Å². The third kappa shape index (κ3) is 5.11. The first-order valence-corrected chi connectivity index (χ1v) is 12.0. The third-order valence-corrected chi connectivity index (χ3v) is 6.08. The highest BCUT2D eigenvalue weighted by atomic mass is 19.4. The first kappa shape index (κ1) is 26.8. The van der Waals surface area contributed by atoms with E-state index in [1.807, 2.05) is 11.5 Å². The van der Waals surface area contributed by atoms with Gasteiger partial charge in [-0.25, -0.2) is 38.4 Å². The lowest BCUT2D eigenvalue weighted by atomic mass is 10.1. The molecule has 4 heterocycles. The molecule has 0 saturated carbocycles. The Labute approximate surface area is 224 Å². The van der Waals surface area contributed by atoms with Gasteiger partial charge in [-0.3, -0.25) is 0 Å². The first-order valence-electron chi connectivity index (χ1n) is 12.0. The van der Waals surface area contributed by atoms with Gasteiger partial charge in [0.15, 0.2) is 11.6 Å². The molecule has 0 aliphatic carbocycles. The number of hydrogen-bond acceptors (Lipinski definition) is 6. The molecule has 0 N–H and O–H groups in total. The van der Waals surface area contributed by atoms with E-state index in [0.717, 1.165) is 24.5 Å². The van der Waals surface area contributed by atoms with Crippen molar-refractivity contribution in [2.24, 2.45) is 4.99 Å².